The van der Waals surface area contributed by atoms with E-state index in [2.05, 4.69) is 5.32 Å². The van der Waals surface area contributed by atoms with E-state index in [1.165, 1.54) is 6.92 Å². The van der Waals surface area contributed by atoms with Gasteiger partial charge in [0.25, 0.3) is 0 Å². The predicted molar refractivity (Wildman–Crippen MR) is 97.8 cm³/mol. The highest BCUT2D eigenvalue weighted by atomic mass is 16.5. The van der Waals surface area contributed by atoms with E-state index >= 15 is 0 Å². The maximum absolute atomic E-state index is 12.4. The quantitative estimate of drug-likeness (QED) is 0.780. The summed E-state index contributed by atoms with van der Waals surface area (Å²) in [6.07, 6.45) is 1.45. The molecule has 0 spiro atoms. The monoisotopic (exact) mass is 361 g/mol. The van der Waals surface area contributed by atoms with Gasteiger partial charge < -0.3 is 19.9 Å². The van der Waals surface area contributed by atoms with Gasteiger partial charge in [0.15, 0.2) is 0 Å². The predicted octanol–water partition coefficient (Wildman–Crippen LogP) is 0.825. The van der Waals surface area contributed by atoms with Crippen molar-refractivity contribution in [2.45, 2.75) is 26.2 Å². The number of carbonyl (C=O) groups is 3. The Labute approximate surface area is 154 Å². The molecule has 0 saturated carbocycles. The fourth-order valence-corrected chi connectivity index (χ4v) is 2.91. The van der Waals surface area contributed by atoms with Gasteiger partial charge in [0.1, 0.15) is 5.75 Å². The number of aryl methyl sites for hydroxylation is 1. The smallest absolute Gasteiger partial charge is 0.224 e. The van der Waals surface area contributed by atoms with Gasteiger partial charge in [-0.15, -0.1) is 0 Å². The Bertz CT molecular complexity index is 622. The van der Waals surface area contributed by atoms with Crippen molar-refractivity contribution in [1.29, 1.82) is 0 Å². The number of hydrogen-bond donors (Lipinski definition) is 1. The van der Waals surface area contributed by atoms with E-state index in [-0.39, 0.29) is 17.7 Å². The highest BCUT2D eigenvalue weighted by molar-refractivity contribution is 5.79. The van der Waals surface area contributed by atoms with Crippen molar-refractivity contribution in [3.8, 4) is 5.75 Å². The first-order chi connectivity index (χ1) is 12.5. The number of amides is 3. The molecule has 1 N–H and O–H groups in total. The van der Waals surface area contributed by atoms with Crippen molar-refractivity contribution < 1.29 is 19.1 Å². The molecule has 1 fully saturated rings. The Morgan fingerprint density at radius 3 is 2.00 bits per heavy atom. The minimum absolute atomic E-state index is 0.0177. The average molecular weight is 361 g/mol. The average Bonchev–Trinajstić information content (AvgIpc) is 2.66. The number of nitrogens with zero attached hydrogens (tertiary/aromatic N) is 2. The molecule has 1 heterocycles. The zero-order chi connectivity index (χ0) is 18.9. The van der Waals surface area contributed by atoms with Crippen LogP contribution >= 0.6 is 0 Å². The normalized spacial score (nSPS) is 14.1. The summed E-state index contributed by atoms with van der Waals surface area (Å²) in [4.78, 5) is 38.9. The summed E-state index contributed by atoms with van der Waals surface area (Å²) in [5.74, 6) is 0.805. The van der Waals surface area contributed by atoms with Crippen molar-refractivity contribution in [3.63, 3.8) is 0 Å². The lowest BCUT2D eigenvalue weighted by molar-refractivity contribution is -0.139. The van der Waals surface area contributed by atoms with Crippen LogP contribution in [0.2, 0.25) is 0 Å². The summed E-state index contributed by atoms with van der Waals surface area (Å²) in [7, 11) is 1.63. The van der Waals surface area contributed by atoms with Gasteiger partial charge in [-0.2, -0.15) is 0 Å². The lowest BCUT2D eigenvalue weighted by Gasteiger charge is -2.35. The van der Waals surface area contributed by atoms with Crippen LogP contribution in [0.1, 0.15) is 25.3 Å². The van der Waals surface area contributed by atoms with E-state index in [0.717, 1.165) is 11.3 Å². The molecule has 142 valence electrons. The molecular formula is C19H27N3O4. The highest BCUT2D eigenvalue weighted by Gasteiger charge is 2.23. The van der Waals surface area contributed by atoms with Gasteiger partial charge >= 0.3 is 0 Å². The van der Waals surface area contributed by atoms with E-state index in [4.69, 9.17) is 4.74 Å². The molecule has 0 unspecified atom stereocenters. The third kappa shape index (κ3) is 6.06. The number of carbonyl (C=O) groups excluding carboxylic acids is 3. The Morgan fingerprint density at radius 1 is 0.962 bits per heavy atom. The van der Waals surface area contributed by atoms with Gasteiger partial charge in [-0.1, -0.05) is 12.1 Å². The van der Waals surface area contributed by atoms with Crippen molar-refractivity contribution in [3.05, 3.63) is 29.8 Å². The van der Waals surface area contributed by atoms with E-state index in [0.29, 0.717) is 52.0 Å². The number of rotatable bonds is 7. The Balaban J connectivity index is 1.70. The van der Waals surface area contributed by atoms with Crippen molar-refractivity contribution in [2.24, 2.45) is 0 Å². The van der Waals surface area contributed by atoms with Gasteiger partial charge in [-0.3, -0.25) is 14.4 Å². The van der Waals surface area contributed by atoms with E-state index in [1.54, 1.807) is 12.0 Å². The van der Waals surface area contributed by atoms with E-state index in [9.17, 15) is 14.4 Å². The van der Waals surface area contributed by atoms with Crippen LogP contribution < -0.4 is 10.1 Å². The number of ether oxygens (including phenoxy) is 1. The van der Waals surface area contributed by atoms with E-state index < -0.39 is 0 Å². The maximum atomic E-state index is 12.4. The zero-order valence-corrected chi connectivity index (χ0v) is 15.5. The maximum Gasteiger partial charge on any atom is 0.224 e. The first kappa shape index (κ1) is 19.8. The van der Waals surface area contributed by atoms with Gasteiger partial charge in [-0.05, 0) is 24.1 Å². The minimum Gasteiger partial charge on any atom is -0.497 e. The van der Waals surface area contributed by atoms with Crippen molar-refractivity contribution in [1.82, 2.24) is 15.1 Å². The molecule has 0 atom stereocenters. The second-order valence-corrected chi connectivity index (χ2v) is 6.34. The Hall–Kier alpha value is -2.57. The molecule has 0 aromatic heterocycles. The number of nitrogens with one attached hydrogen (secondary N) is 1. The summed E-state index contributed by atoms with van der Waals surface area (Å²) in [5, 5.41) is 2.62. The summed E-state index contributed by atoms with van der Waals surface area (Å²) >= 11 is 0. The van der Waals surface area contributed by atoms with Crippen LogP contribution in [0.5, 0.6) is 5.75 Å². The standard InChI is InChI=1S/C19H27N3O4/c1-15(23)20-10-9-19(25)22-13-11-21(12-14-22)18(24)8-5-16-3-6-17(26-2)7-4-16/h3-4,6-7H,5,8-14H2,1-2H3,(H,20,23). The van der Waals surface area contributed by atoms with Gasteiger partial charge in [0, 0.05) is 52.5 Å². The largest absolute Gasteiger partial charge is 0.497 e. The lowest BCUT2D eigenvalue weighted by atomic mass is 10.1. The summed E-state index contributed by atoms with van der Waals surface area (Å²) in [5.41, 5.74) is 1.10. The number of methoxy groups -OCH3 is 1. The number of hydrogen-bond acceptors (Lipinski definition) is 4. The minimum atomic E-state index is -0.134. The molecule has 1 aromatic carbocycles. The molecule has 0 radical (unpaired) electrons. The third-order valence-corrected chi connectivity index (χ3v) is 4.48. The SMILES string of the molecule is COc1ccc(CCC(=O)N2CCN(C(=O)CCNC(C)=O)CC2)cc1. The van der Waals surface area contributed by atoms with Crippen LogP contribution in [0, 0.1) is 0 Å². The fourth-order valence-electron chi connectivity index (χ4n) is 2.91. The van der Waals surface area contributed by atoms with Gasteiger partial charge in [0.2, 0.25) is 17.7 Å². The van der Waals surface area contributed by atoms with Gasteiger partial charge in [0.05, 0.1) is 7.11 Å². The van der Waals surface area contributed by atoms with E-state index in [1.807, 2.05) is 29.2 Å². The number of benzene rings is 1. The molecule has 1 aliphatic heterocycles. The summed E-state index contributed by atoms with van der Waals surface area (Å²) in [6.45, 7) is 4.01. The molecule has 2 rings (SSSR count). The molecule has 0 aliphatic carbocycles. The fraction of sp³-hybridized carbons (Fsp3) is 0.526. The van der Waals surface area contributed by atoms with Crippen LogP contribution in [0.25, 0.3) is 0 Å². The van der Waals surface area contributed by atoms with Gasteiger partial charge in [-0.25, -0.2) is 0 Å². The molecule has 1 saturated heterocycles. The van der Waals surface area contributed by atoms with Crippen LogP contribution in [-0.2, 0) is 20.8 Å². The molecule has 1 aromatic rings. The lowest BCUT2D eigenvalue weighted by Crippen LogP contribution is -2.51. The van der Waals surface area contributed by atoms with Crippen LogP contribution in [0.3, 0.4) is 0 Å². The molecule has 26 heavy (non-hydrogen) atoms. The third-order valence-electron chi connectivity index (χ3n) is 4.48. The molecule has 3 amide bonds. The Kier molecular flexibility index (Phi) is 7.44. The van der Waals surface area contributed by atoms with Crippen LogP contribution in [0.4, 0.5) is 0 Å². The summed E-state index contributed by atoms with van der Waals surface area (Å²) in [6, 6.07) is 7.73. The first-order valence-corrected chi connectivity index (χ1v) is 8.92. The molecule has 7 heteroatoms. The number of piperazine rings is 1. The van der Waals surface area contributed by atoms with Crippen LogP contribution in [0.15, 0.2) is 24.3 Å². The van der Waals surface area contributed by atoms with Crippen molar-refractivity contribution in [2.75, 3.05) is 39.8 Å². The molecular weight excluding hydrogens is 334 g/mol. The molecule has 7 nitrogen and oxygen atoms in total. The van der Waals surface area contributed by atoms with Crippen molar-refractivity contribution >= 4 is 17.7 Å². The summed E-state index contributed by atoms with van der Waals surface area (Å²) < 4.78 is 5.13. The zero-order valence-electron chi connectivity index (χ0n) is 15.5. The highest BCUT2D eigenvalue weighted by Crippen LogP contribution is 2.13. The molecule has 0 bridgehead atoms. The topological polar surface area (TPSA) is 79.0 Å². The second kappa shape index (κ2) is 9.79. The van der Waals surface area contributed by atoms with Crippen LogP contribution in [-0.4, -0.2) is 67.4 Å². The Morgan fingerprint density at radius 2 is 1.50 bits per heavy atom. The molecule has 1 aliphatic rings. The second-order valence-electron chi connectivity index (χ2n) is 6.34. The first-order valence-electron chi connectivity index (χ1n) is 8.92.